The minimum absolute atomic E-state index is 0.131. The second-order valence-electron chi connectivity index (χ2n) is 5.15. The van der Waals surface area contributed by atoms with Crippen LogP contribution < -0.4 is 5.32 Å². The zero-order valence-corrected chi connectivity index (χ0v) is 11.6. The molecule has 2 amide bonds. The summed E-state index contributed by atoms with van der Waals surface area (Å²) in [5, 5.41) is 13.3. The monoisotopic (exact) mass is 304 g/mol. The number of amides is 2. The third-order valence-electron chi connectivity index (χ3n) is 3.64. The Morgan fingerprint density at radius 2 is 2.18 bits per heavy atom. The van der Waals surface area contributed by atoms with Crippen LogP contribution in [0.5, 0.6) is 0 Å². The molecule has 3 rings (SSSR count). The number of pyridine rings is 1. The van der Waals surface area contributed by atoms with E-state index < -0.39 is 10.7 Å². The topological polar surface area (TPSA) is 88.4 Å². The first-order chi connectivity index (χ1) is 10.5. The minimum atomic E-state index is -0.424. The smallest absolute Gasteiger partial charge is 0.314 e. The Morgan fingerprint density at radius 3 is 2.86 bits per heavy atom. The van der Waals surface area contributed by atoms with E-state index in [1.165, 1.54) is 17.0 Å². The Hall–Kier alpha value is -2.77. The van der Waals surface area contributed by atoms with Crippen LogP contribution in [0.4, 0.5) is 9.18 Å². The summed E-state index contributed by atoms with van der Waals surface area (Å²) in [6, 6.07) is 1.06. The van der Waals surface area contributed by atoms with Crippen molar-refractivity contribution in [1.29, 1.82) is 0 Å². The molecular formula is C14H13FN4O3. The highest BCUT2D eigenvalue weighted by Gasteiger charge is 2.26. The number of carbonyl (C=O) groups is 1. The lowest BCUT2D eigenvalue weighted by Crippen LogP contribution is -2.36. The molecule has 0 unspecified atom stereocenters. The van der Waals surface area contributed by atoms with Gasteiger partial charge in [0.1, 0.15) is 5.82 Å². The molecule has 0 bridgehead atoms. The lowest BCUT2D eigenvalue weighted by molar-refractivity contribution is -0.428. The third kappa shape index (κ3) is 2.80. The van der Waals surface area contributed by atoms with Crippen molar-refractivity contribution in [3.05, 3.63) is 63.0 Å². The fourth-order valence-corrected chi connectivity index (χ4v) is 2.47. The number of fused-ring (bicyclic) bond motifs is 1. The van der Waals surface area contributed by atoms with Crippen LogP contribution in [0.25, 0.3) is 0 Å². The molecule has 0 saturated heterocycles. The molecule has 1 N–H and O–H groups in total. The van der Waals surface area contributed by atoms with Crippen molar-refractivity contribution in [2.45, 2.75) is 25.9 Å². The SMILES string of the molecule is O=C(NC1=CC=C([N+](=O)[O-])CC1)N1Cc2cc(F)cnc2C1. The van der Waals surface area contributed by atoms with Gasteiger partial charge in [0.2, 0.25) is 5.70 Å². The minimum Gasteiger partial charge on any atom is -0.314 e. The molecule has 1 aromatic heterocycles. The summed E-state index contributed by atoms with van der Waals surface area (Å²) >= 11 is 0. The number of hydrogen-bond donors (Lipinski definition) is 1. The van der Waals surface area contributed by atoms with Gasteiger partial charge >= 0.3 is 6.03 Å². The molecule has 22 heavy (non-hydrogen) atoms. The van der Waals surface area contributed by atoms with Crippen molar-refractivity contribution in [2.75, 3.05) is 0 Å². The van der Waals surface area contributed by atoms with Gasteiger partial charge in [0.15, 0.2) is 0 Å². The van der Waals surface area contributed by atoms with Gasteiger partial charge in [0, 0.05) is 24.7 Å². The van der Waals surface area contributed by atoms with Crippen molar-refractivity contribution < 1.29 is 14.1 Å². The molecule has 7 nitrogen and oxygen atoms in total. The molecule has 0 saturated carbocycles. The first kappa shape index (κ1) is 14.2. The average Bonchev–Trinajstić information content (AvgIpc) is 2.91. The van der Waals surface area contributed by atoms with E-state index in [1.54, 1.807) is 6.08 Å². The van der Waals surface area contributed by atoms with Gasteiger partial charge in [-0.15, -0.1) is 0 Å². The number of nitrogens with one attached hydrogen (secondary N) is 1. The number of urea groups is 1. The van der Waals surface area contributed by atoms with E-state index in [1.807, 2.05) is 0 Å². The maximum atomic E-state index is 13.1. The number of hydrogen-bond acceptors (Lipinski definition) is 4. The highest BCUT2D eigenvalue weighted by atomic mass is 19.1. The highest BCUT2D eigenvalue weighted by molar-refractivity contribution is 5.76. The van der Waals surface area contributed by atoms with Crippen LogP contribution in [-0.2, 0) is 13.1 Å². The molecule has 2 aliphatic rings. The highest BCUT2D eigenvalue weighted by Crippen LogP contribution is 2.22. The normalized spacial score (nSPS) is 16.7. The molecule has 1 aliphatic carbocycles. The first-order valence-electron chi connectivity index (χ1n) is 6.76. The quantitative estimate of drug-likeness (QED) is 0.669. The third-order valence-corrected chi connectivity index (χ3v) is 3.64. The van der Waals surface area contributed by atoms with E-state index in [-0.39, 0.29) is 18.1 Å². The molecule has 2 heterocycles. The maximum Gasteiger partial charge on any atom is 0.322 e. The van der Waals surface area contributed by atoms with Gasteiger partial charge in [-0.05, 0) is 24.1 Å². The van der Waals surface area contributed by atoms with E-state index in [4.69, 9.17) is 0 Å². The van der Waals surface area contributed by atoms with Crippen molar-refractivity contribution in [3.8, 4) is 0 Å². The number of aromatic nitrogens is 1. The summed E-state index contributed by atoms with van der Waals surface area (Å²) in [4.78, 5) is 27.9. The summed E-state index contributed by atoms with van der Waals surface area (Å²) in [5.74, 6) is -0.423. The lowest BCUT2D eigenvalue weighted by atomic mass is 10.1. The fraction of sp³-hybridized carbons (Fsp3) is 0.286. The molecule has 0 spiro atoms. The molecule has 1 aliphatic heterocycles. The second kappa shape index (κ2) is 5.55. The fourth-order valence-electron chi connectivity index (χ4n) is 2.47. The van der Waals surface area contributed by atoms with Gasteiger partial charge < -0.3 is 10.2 Å². The molecule has 0 radical (unpaired) electrons. The summed E-state index contributed by atoms with van der Waals surface area (Å²) in [6.07, 6.45) is 4.77. The molecule has 0 atom stereocenters. The predicted molar refractivity (Wildman–Crippen MR) is 74.4 cm³/mol. The van der Waals surface area contributed by atoms with Crippen LogP contribution in [0.2, 0.25) is 0 Å². The Kier molecular flexibility index (Phi) is 3.58. The number of nitro groups is 1. The van der Waals surface area contributed by atoms with E-state index >= 15 is 0 Å². The van der Waals surface area contributed by atoms with E-state index in [0.29, 0.717) is 36.5 Å². The Bertz CT molecular complexity index is 714. The average molecular weight is 304 g/mol. The van der Waals surface area contributed by atoms with Crippen molar-refractivity contribution in [2.24, 2.45) is 0 Å². The molecule has 0 aromatic carbocycles. The molecule has 1 aromatic rings. The number of rotatable bonds is 2. The summed E-state index contributed by atoms with van der Waals surface area (Å²) in [5.41, 5.74) is 2.14. The molecule has 114 valence electrons. The van der Waals surface area contributed by atoms with Crippen LogP contribution >= 0.6 is 0 Å². The van der Waals surface area contributed by atoms with Crippen LogP contribution in [0.15, 0.2) is 35.8 Å². The van der Waals surface area contributed by atoms with Gasteiger partial charge in [-0.3, -0.25) is 15.1 Å². The Morgan fingerprint density at radius 1 is 1.36 bits per heavy atom. The van der Waals surface area contributed by atoms with Crippen LogP contribution in [-0.4, -0.2) is 20.8 Å². The van der Waals surface area contributed by atoms with Gasteiger partial charge in [0.25, 0.3) is 0 Å². The second-order valence-corrected chi connectivity index (χ2v) is 5.15. The van der Waals surface area contributed by atoms with Crippen molar-refractivity contribution in [3.63, 3.8) is 0 Å². The number of allylic oxidation sites excluding steroid dienone is 4. The summed E-state index contributed by atoms with van der Waals surface area (Å²) < 4.78 is 13.1. The zero-order valence-electron chi connectivity index (χ0n) is 11.6. The zero-order chi connectivity index (χ0) is 15.7. The number of nitrogens with zero attached hydrogens (tertiary/aromatic N) is 3. The van der Waals surface area contributed by atoms with Gasteiger partial charge in [-0.1, -0.05) is 0 Å². The number of halogens is 1. The molecule has 8 heteroatoms. The Labute approximate surface area is 125 Å². The van der Waals surface area contributed by atoms with Crippen LogP contribution in [0.1, 0.15) is 24.1 Å². The largest absolute Gasteiger partial charge is 0.322 e. The van der Waals surface area contributed by atoms with Gasteiger partial charge in [-0.25, -0.2) is 9.18 Å². The van der Waals surface area contributed by atoms with Crippen molar-refractivity contribution >= 4 is 6.03 Å². The van der Waals surface area contributed by atoms with Crippen LogP contribution in [0.3, 0.4) is 0 Å². The lowest BCUT2D eigenvalue weighted by Gasteiger charge is -2.18. The number of carbonyl (C=O) groups excluding carboxylic acids is 1. The predicted octanol–water partition coefficient (Wildman–Crippen LogP) is 2.08. The van der Waals surface area contributed by atoms with E-state index in [2.05, 4.69) is 10.3 Å². The van der Waals surface area contributed by atoms with E-state index in [9.17, 15) is 19.3 Å². The van der Waals surface area contributed by atoms with Crippen LogP contribution in [0, 0.1) is 15.9 Å². The first-order valence-corrected chi connectivity index (χ1v) is 6.76. The molecular weight excluding hydrogens is 291 g/mol. The standard InChI is InChI=1S/C14H13FN4O3/c15-10-5-9-7-18(8-13(9)16-6-10)14(20)17-11-1-3-12(4-2-11)19(21)22/h1,3,5-6H,2,4,7-8H2,(H,17,20). The Balaban J connectivity index is 1.64. The summed E-state index contributed by atoms with van der Waals surface area (Å²) in [7, 11) is 0. The maximum absolute atomic E-state index is 13.1. The molecule has 0 fully saturated rings. The van der Waals surface area contributed by atoms with E-state index in [0.717, 1.165) is 6.20 Å². The van der Waals surface area contributed by atoms with Gasteiger partial charge in [0.05, 0.1) is 23.4 Å². The summed E-state index contributed by atoms with van der Waals surface area (Å²) in [6.45, 7) is 0.625. The van der Waals surface area contributed by atoms with Crippen molar-refractivity contribution in [1.82, 2.24) is 15.2 Å². The van der Waals surface area contributed by atoms with Gasteiger partial charge in [-0.2, -0.15) is 0 Å².